The summed E-state index contributed by atoms with van der Waals surface area (Å²) in [5.74, 6) is 1.21. The predicted octanol–water partition coefficient (Wildman–Crippen LogP) is 3.74. The van der Waals surface area contributed by atoms with E-state index in [0.717, 1.165) is 16.2 Å². The van der Waals surface area contributed by atoms with Crippen LogP contribution in [0.4, 0.5) is 0 Å². The lowest BCUT2D eigenvalue weighted by Gasteiger charge is -2.00. The van der Waals surface area contributed by atoms with Gasteiger partial charge < -0.3 is 14.6 Å². The number of nitrogens with one attached hydrogen (secondary N) is 1. The standard InChI is InChI=1S/C18H16N2O3S/c1-22-15-5-2-4-13(10-15)17-11-14(20-23-17)12-19-18(21)8-7-16-6-3-9-24-16/h2-11H,12H2,1H3,(H,19,21). The zero-order valence-electron chi connectivity index (χ0n) is 13.1. The molecule has 0 saturated carbocycles. The van der Waals surface area contributed by atoms with E-state index in [1.54, 1.807) is 30.6 Å². The highest BCUT2D eigenvalue weighted by Crippen LogP contribution is 2.24. The highest BCUT2D eigenvalue weighted by Gasteiger charge is 2.08. The smallest absolute Gasteiger partial charge is 0.244 e. The average molecular weight is 340 g/mol. The number of carbonyl (C=O) groups is 1. The highest BCUT2D eigenvalue weighted by molar-refractivity contribution is 7.10. The molecule has 6 heteroatoms. The van der Waals surface area contributed by atoms with Crippen molar-refractivity contribution in [3.05, 3.63) is 64.5 Å². The fourth-order valence-corrected chi connectivity index (χ4v) is 2.71. The number of aromatic nitrogens is 1. The molecule has 0 aliphatic carbocycles. The fraction of sp³-hybridized carbons (Fsp3) is 0.111. The largest absolute Gasteiger partial charge is 0.497 e. The lowest BCUT2D eigenvalue weighted by molar-refractivity contribution is -0.116. The molecule has 122 valence electrons. The average Bonchev–Trinajstić information content (AvgIpc) is 3.30. The molecule has 3 rings (SSSR count). The van der Waals surface area contributed by atoms with Gasteiger partial charge in [-0.25, -0.2) is 0 Å². The SMILES string of the molecule is COc1cccc(-c2cc(CNC(=O)C=Cc3cccs3)no2)c1. The lowest BCUT2D eigenvalue weighted by Crippen LogP contribution is -2.20. The van der Waals surface area contributed by atoms with E-state index in [4.69, 9.17) is 9.26 Å². The Morgan fingerprint density at radius 2 is 2.25 bits per heavy atom. The van der Waals surface area contributed by atoms with Gasteiger partial charge in [-0.3, -0.25) is 4.79 Å². The highest BCUT2D eigenvalue weighted by atomic mass is 32.1. The second kappa shape index (κ2) is 7.61. The molecule has 24 heavy (non-hydrogen) atoms. The first-order valence-corrected chi connectivity index (χ1v) is 8.22. The van der Waals surface area contributed by atoms with Crippen LogP contribution in [-0.2, 0) is 11.3 Å². The second-order valence-electron chi connectivity index (χ2n) is 4.98. The Morgan fingerprint density at radius 1 is 1.33 bits per heavy atom. The summed E-state index contributed by atoms with van der Waals surface area (Å²) in [5.41, 5.74) is 1.53. The number of rotatable bonds is 6. The van der Waals surface area contributed by atoms with Crippen LogP contribution in [0, 0.1) is 0 Å². The first kappa shape index (κ1) is 16.0. The molecule has 2 heterocycles. The molecular weight excluding hydrogens is 324 g/mol. The van der Waals surface area contributed by atoms with Crippen molar-refractivity contribution in [1.82, 2.24) is 10.5 Å². The molecule has 2 aromatic heterocycles. The van der Waals surface area contributed by atoms with Crippen LogP contribution in [-0.4, -0.2) is 18.2 Å². The van der Waals surface area contributed by atoms with Gasteiger partial charge in [-0.2, -0.15) is 0 Å². The van der Waals surface area contributed by atoms with Gasteiger partial charge in [-0.1, -0.05) is 23.4 Å². The summed E-state index contributed by atoms with van der Waals surface area (Å²) >= 11 is 1.58. The summed E-state index contributed by atoms with van der Waals surface area (Å²) in [4.78, 5) is 12.8. The molecule has 0 fully saturated rings. The minimum Gasteiger partial charge on any atom is -0.497 e. The molecule has 0 radical (unpaired) electrons. The fourth-order valence-electron chi connectivity index (χ4n) is 2.09. The molecule has 1 N–H and O–H groups in total. The first-order valence-electron chi connectivity index (χ1n) is 7.34. The van der Waals surface area contributed by atoms with E-state index < -0.39 is 0 Å². The summed E-state index contributed by atoms with van der Waals surface area (Å²) < 4.78 is 10.5. The number of hydrogen-bond donors (Lipinski definition) is 1. The Balaban J connectivity index is 1.58. The number of ether oxygens (including phenoxy) is 1. The summed E-state index contributed by atoms with van der Waals surface area (Å²) in [6.07, 6.45) is 3.29. The van der Waals surface area contributed by atoms with Gasteiger partial charge >= 0.3 is 0 Å². The summed E-state index contributed by atoms with van der Waals surface area (Å²) in [6.45, 7) is 0.307. The third-order valence-electron chi connectivity index (χ3n) is 3.30. The van der Waals surface area contributed by atoms with E-state index in [1.165, 1.54) is 6.08 Å². The second-order valence-corrected chi connectivity index (χ2v) is 5.96. The molecule has 0 aliphatic heterocycles. The van der Waals surface area contributed by atoms with Crippen molar-refractivity contribution in [2.75, 3.05) is 7.11 Å². The molecule has 0 saturated heterocycles. The molecule has 5 nitrogen and oxygen atoms in total. The van der Waals surface area contributed by atoms with Gasteiger partial charge in [0.05, 0.1) is 13.7 Å². The third kappa shape index (κ3) is 4.11. The Bertz CT molecular complexity index is 838. The Hall–Kier alpha value is -2.86. The van der Waals surface area contributed by atoms with Crippen molar-refractivity contribution in [3.8, 4) is 17.1 Å². The summed E-state index contributed by atoms with van der Waals surface area (Å²) in [7, 11) is 1.62. The molecule has 1 amide bonds. The Morgan fingerprint density at radius 3 is 3.04 bits per heavy atom. The van der Waals surface area contributed by atoms with Crippen molar-refractivity contribution in [3.63, 3.8) is 0 Å². The molecule has 0 bridgehead atoms. The van der Waals surface area contributed by atoms with Crippen LogP contribution >= 0.6 is 11.3 Å². The first-order chi connectivity index (χ1) is 11.7. The van der Waals surface area contributed by atoms with Gasteiger partial charge in [0.2, 0.25) is 5.91 Å². The normalized spacial score (nSPS) is 10.9. The lowest BCUT2D eigenvalue weighted by atomic mass is 10.1. The number of methoxy groups -OCH3 is 1. The maximum Gasteiger partial charge on any atom is 0.244 e. The van der Waals surface area contributed by atoms with E-state index in [1.807, 2.05) is 41.8 Å². The van der Waals surface area contributed by atoms with Crippen LogP contribution < -0.4 is 10.1 Å². The van der Waals surface area contributed by atoms with E-state index in [0.29, 0.717) is 18.0 Å². The van der Waals surface area contributed by atoms with Gasteiger partial charge in [0.1, 0.15) is 11.4 Å². The van der Waals surface area contributed by atoms with Crippen LogP contribution in [0.15, 0.2) is 58.4 Å². The number of benzene rings is 1. The molecule has 0 aliphatic rings. The van der Waals surface area contributed by atoms with Crippen LogP contribution in [0.5, 0.6) is 5.75 Å². The van der Waals surface area contributed by atoms with Crippen molar-refractivity contribution in [2.45, 2.75) is 6.54 Å². The van der Waals surface area contributed by atoms with Gasteiger partial charge in [0, 0.05) is 22.6 Å². The predicted molar refractivity (Wildman–Crippen MR) is 93.7 cm³/mol. The van der Waals surface area contributed by atoms with Gasteiger partial charge in [0.25, 0.3) is 0 Å². The van der Waals surface area contributed by atoms with Gasteiger partial charge in [-0.05, 0) is 29.7 Å². The van der Waals surface area contributed by atoms with E-state index in [-0.39, 0.29) is 5.91 Å². The Labute approximate surface area is 143 Å². The number of nitrogens with zero attached hydrogens (tertiary/aromatic N) is 1. The number of thiophene rings is 1. The molecule has 1 aromatic carbocycles. The van der Waals surface area contributed by atoms with Crippen LogP contribution in [0.2, 0.25) is 0 Å². The number of carbonyl (C=O) groups excluding carboxylic acids is 1. The molecule has 0 spiro atoms. The molecule has 0 atom stereocenters. The zero-order chi connectivity index (χ0) is 16.8. The number of hydrogen-bond acceptors (Lipinski definition) is 5. The summed E-state index contributed by atoms with van der Waals surface area (Å²) in [5, 5.41) is 8.72. The third-order valence-corrected chi connectivity index (χ3v) is 4.14. The maximum atomic E-state index is 11.8. The quantitative estimate of drug-likeness (QED) is 0.694. The Kier molecular flexibility index (Phi) is 5.08. The van der Waals surface area contributed by atoms with Crippen molar-refractivity contribution >= 4 is 23.3 Å². The summed E-state index contributed by atoms with van der Waals surface area (Å²) in [6, 6.07) is 13.2. The van der Waals surface area contributed by atoms with Crippen LogP contribution in [0.25, 0.3) is 17.4 Å². The monoisotopic (exact) mass is 340 g/mol. The topological polar surface area (TPSA) is 64.4 Å². The van der Waals surface area contributed by atoms with E-state index >= 15 is 0 Å². The minimum absolute atomic E-state index is 0.172. The van der Waals surface area contributed by atoms with Crippen molar-refractivity contribution < 1.29 is 14.1 Å². The number of amides is 1. The molecule has 3 aromatic rings. The maximum absolute atomic E-state index is 11.8. The van der Waals surface area contributed by atoms with Crippen LogP contribution in [0.3, 0.4) is 0 Å². The van der Waals surface area contributed by atoms with Crippen LogP contribution in [0.1, 0.15) is 10.6 Å². The van der Waals surface area contributed by atoms with Gasteiger partial charge in [0.15, 0.2) is 5.76 Å². The van der Waals surface area contributed by atoms with E-state index in [2.05, 4.69) is 10.5 Å². The van der Waals surface area contributed by atoms with Crippen molar-refractivity contribution in [1.29, 1.82) is 0 Å². The van der Waals surface area contributed by atoms with Crippen molar-refractivity contribution in [2.24, 2.45) is 0 Å². The molecule has 0 unspecified atom stereocenters. The molecular formula is C18H16N2O3S. The van der Waals surface area contributed by atoms with Gasteiger partial charge in [-0.15, -0.1) is 11.3 Å². The zero-order valence-corrected chi connectivity index (χ0v) is 13.9. The van der Waals surface area contributed by atoms with E-state index in [9.17, 15) is 4.79 Å². The minimum atomic E-state index is -0.172.